The maximum atomic E-state index is 5.63. The van der Waals surface area contributed by atoms with Crippen LogP contribution in [-0.4, -0.2) is 4.57 Å². The van der Waals surface area contributed by atoms with Crippen molar-refractivity contribution in [1.82, 2.24) is 4.57 Å². The zero-order valence-corrected chi connectivity index (χ0v) is 14.2. The van der Waals surface area contributed by atoms with Crippen LogP contribution in [0.15, 0.2) is 96.1 Å². The van der Waals surface area contributed by atoms with Crippen molar-refractivity contribution >= 4 is 44.5 Å². The predicted octanol–water partition coefficient (Wildman–Crippen LogP) is 6.72. The van der Waals surface area contributed by atoms with Crippen molar-refractivity contribution < 1.29 is 4.42 Å². The van der Waals surface area contributed by atoms with Gasteiger partial charge >= 0.3 is 0 Å². The second-order valence-electron chi connectivity index (χ2n) is 6.38. The lowest BCUT2D eigenvalue weighted by Gasteiger charge is -2.08. The summed E-state index contributed by atoms with van der Waals surface area (Å²) in [7, 11) is 0. The summed E-state index contributed by atoms with van der Waals surface area (Å²) >= 11 is 0. The maximum Gasteiger partial charge on any atom is 0.136 e. The van der Waals surface area contributed by atoms with Crippen LogP contribution < -0.4 is 0 Å². The van der Waals surface area contributed by atoms with Gasteiger partial charge in [-0.3, -0.25) is 0 Å². The van der Waals surface area contributed by atoms with Crippen molar-refractivity contribution in [3.05, 3.63) is 97.3 Å². The molecular weight excluding hydrogens is 318 g/mol. The fourth-order valence-electron chi connectivity index (χ4n) is 3.63. The number of para-hydroxylation sites is 1. The number of fused-ring (bicyclic) bond motifs is 5. The number of nitrogens with zero attached hydrogens (tertiary/aromatic N) is 1. The topological polar surface area (TPSA) is 18.1 Å². The lowest BCUT2D eigenvalue weighted by Crippen LogP contribution is -1.93. The first-order chi connectivity index (χ1) is 12.8. The van der Waals surface area contributed by atoms with Crippen molar-refractivity contribution in [2.75, 3.05) is 0 Å². The standard InChI is InChI=1S/C24H17NO/c1-17(11-12-18-7-3-2-4-8-18)25-22-10-6-5-9-19(22)20-13-14-23-21(24(20)25)15-16-26-23/h2-16H,1H2. The van der Waals surface area contributed by atoms with Crippen LogP contribution in [0, 0.1) is 0 Å². The highest BCUT2D eigenvalue weighted by Crippen LogP contribution is 2.36. The molecule has 2 nitrogen and oxygen atoms in total. The summed E-state index contributed by atoms with van der Waals surface area (Å²) in [6, 6.07) is 24.9. The van der Waals surface area contributed by atoms with Gasteiger partial charge in [0.05, 0.1) is 17.3 Å². The van der Waals surface area contributed by atoms with Crippen molar-refractivity contribution in [2.24, 2.45) is 0 Å². The summed E-state index contributed by atoms with van der Waals surface area (Å²) in [4.78, 5) is 0. The summed E-state index contributed by atoms with van der Waals surface area (Å²) in [5.74, 6) is 0. The van der Waals surface area contributed by atoms with Crippen LogP contribution in [0.5, 0.6) is 0 Å². The monoisotopic (exact) mass is 335 g/mol. The number of hydrogen-bond donors (Lipinski definition) is 0. The molecule has 0 N–H and O–H groups in total. The second-order valence-corrected chi connectivity index (χ2v) is 6.38. The lowest BCUT2D eigenvalue weighted by molar-refractivity contribution is 0.616. The molecule has 0 radical (unpaired) electrons. The number of aromatic nitrogens is 1. The predicted molar refractivity (Wildman–Crippen MR) is 110 cm³/mol. The molecule has 2 aromatic heterocycles. The smallest absolute Gasteiger partial charge is 0.136 e. The zero-order valence-electron chi connectivity index (χ0n) is 14.2. The Morgan fingerprint density at radius 2 is 1.62 bits per heavy atom. The van der Waals surface area contributed by atoms with E-state index in [0.29, 0.717) is 0 Å². The molecule has 0 saturated heterocycles. The van der Waals surface area contributed by atoms with Gasteiger partial charge in [0.25, 0.3) is 0 Å². The Balaban J connectivity index is 1.78. The van der Waals surface area contributed by atoms with Crippen molar-refractivity contribution in [2.45, 2.75) is 0 Å². The average molecular weight is 335 g/mol. The molecule has 2 heterocycles. The van der Waals surface area contributed by atoms with Gasteiger partial charge in [0.15, 0.2) is 0 Å². The highest BCUT2D eigenvalue weighted by Gasteiger charge is 2.15. The largest absolute Gasteiger partial charge is 0.464 e. The molecule has 0 unspecified atom stereocenters. The first-order valence-corrected chi connectivity index (χ1v) is 8.65. The van der Waals surface area contributed by atoms with Crippen molar-refractivity contribution in [3.63, 3.8) is 0 Å². The number of hydrogen-bond acceptors (Lipinski definition) is 1. The van der Waals surface area contributed by atoms with E-state index >= 15 is 0 Å². The molecule has 2 heteroatoms. The quantitative estimate of drug-likeness (QED) is 0.334. The Bertz CT molecular complexity index is 1290. The van der Waals surface area contributed by atoms with Gasteiger partial charge in [0.1, 0.15) is 5.58 Å². The molecule has 124 valence electrons. The van der Waals surface area contributed by atoms with Crippen LogP contribution in [0.2, 0.25) is 0 Å². The minimum atomic E-state index is 0.890. The van der Waals surface area contributed by atoms with Gasteiger partial charge < -0.3 is 8.98 Å². The molecule has 0 aliphatic carbocycles. The van der Waals surface area contributed by atoms with Crippen LogP contribution in [0.4, 0.5) is 0 Å². The summed E-state index contributed by atoms with van der Waals surface area (Å²) in [6.07, 6.45) is 5.91. The van der Waals surface area contributed by atoms with Gasteiger partial charge in [-0.05, 0) is 35.9 Å². The van der Waals surface area contributed by atoms with Crippen LogP contribution >= 0.6 is 0 Å². The van der Waals surface area contributed by atoms with E-state index in [2.05, 4.69) is 65.8 Å². The summed E-state index contributed by atoms with van der Waals surface area (Å²) in [6.45, 7) is 4.35. The van der Waals surface area contributed by atoms with Gasteiger partial charge in [-0.15, -0.1) is 0 Å². The van der Waals surface area contributed by atoms with E-state index in [-0.39, 0.29) is 0 Å². The SMILES string of the molecule is C=C(C=Cc1ccccc1)n1c2ccccc2c2ccc3occc3c21. The Morgan fingerprint density at radius 1 is 0.808 bits per heavy atom. The fourth-order valence-corrected chi connectivity index (χ4v) is 3.63. The fraction of sp³-hybridized carbons (Fsp3) is 0. The summed E-state index contributed by atoms with van der Waals surface area (Å²) in [5.41, 5.74) is 5.26. The van der Waals surface area contributed by atoms with E-state index in [1.807, 2.05) is 30.3 Å². The zero-order chi connectivity index (χ0) is 17.5. The highest BCUT2D eigenvalue weighted by atomic mass is 16.3. The second kappa shape index (κ2) is 5.78. The number of allylic oxidation sites excluding steroid dienone is 2. The third kappa shape index (κ3) is 2.20. The molecule has 0 aliphatic rings. The number of rotatable bonds is 3. The minimum absolute atomic E-state index is 0.890. The van der Waals surface area contributed by atoms with Crippen molar-refractivity contribution in [3.8, 4) is 0 Å². The normalized spacial score (nSPS) is 11.8. The third-order valence-corrected chi connectivity index (χ3v) is 4.82. The molecule has 0 saturated carbocycles. The molecule has 26 heavy (non-hydrogen) atoms. The van der Waals surface area contributed by atoms with Gasteiger partial charge in [0, 0.05) is 21.9 Å². The highest BCUT2D eigenvalue weighted by molar-refractivity contribution is 6.18. The molecule has 0 amide bonds. The third-order valence-electron chi connectivity index (χ3n) is 4.82. The number of furan rings is 1. The minimum Gasteiger partial charge on any atom is -0.464 e. The van der Waals surface area contributed by atoms with Gasteiger partial charge in [-0.25, -0.2) is 0 Å². The van der Waals surface area contributed by atoms with E-state index in [1.165, 1.54) is 10.8 Å². The van der Waals surface area contributed by atoms with Gasteiger partial charge in [-0.2, -0.15) is 0 Å². The van der Waals surface area contributed by atoms with Crippen LogP contribution in [0.25, 0.3) is 44.5 Å². The van der Waals surface area contributed by atoms with E-state index in [0.717, 1.165) is 33.3 Å². The Kier molecular flexibility index (Phi) is 3.29. The molecule has 5 rings (SSSR count). The van der Waals surface area contributed by atoms with Crippen LogP contribution in [0.3, 0.4) is 0 Å². The van der Waals surface area contributed by atoms with Gasteiger partial charge in [-0.1, -0.05) is 61.2 Å². The first kappa shape index (κ1) is 14.8. The Morgan fingerprint density at radius 3 is 2.50 bits per heavy atom. The molecule has 0 fully saturated rings. The Labute approximate surface area is 151 Å². The lowest BCUT2D eigenvalue weighted by atomic mass is 10.1. The summed E-state index contributed by atoms with van der Waals surface area (Å²) in [5, 5.41) is 3.54. The molecule has 3 aromatic carbocycles. The van der Waals surface area contributed by atoms with E-state index in [1.54, 1.807) is 6.26 Å². The molecule has 0 aliphatic heterocycles. The Hall–Kier alpha value is -3.52. The summed E-state index contributed by atoms with van der Waals surface area (Å²) < 4.78 is 7.85. The maximum absolute atomic E-state index is 5.63. The molecule has 0 atom stereocenters. The van der Waals surface area contributed by atoms with Crippen LogP contribution in [-0.2, 0) is 0 Å². The molecule has 0 spiro atoms. The number of benzene rings is 3. The van der Waals surface area contributed by atoms with Gasteiger partial charge in [0.2, 0.25) is 0 Å². The first-order valence-electron chi connectivity index (χ1n) is 8.65. The van der Waals surface area contributed by atoms with E-state index in [9.17, 15) is 0 Å². The molecule has 0 bridgehead atoms. The van der Waals surface area contributed by atoms with E-state index < -0.39 is 0 Å². The molecular formula is C24H17NO. The van der Waals surface area contributed by atoms with Crippen LogP contribution in [0.1, 0.15) is 5.56 Å². The van der Waals surface area contributed by atoms with E-state index in [4.69, 9.17) is 4.42 Å². The molecule has 5 aromatic rings. The van der Waals surface area contributed by atoms with Crippen molar-refractivity contribution in [1.29, 1.82) is 0 Å². The average Bonchev–Trinajstić information content (AvgIpc) is 3.29.